The molecule has 12 heavy (non-hydrogen) atoms. The zero-order valence-electron chi connectivity index (χ0n) is 7.27. The van der Waals surface area contributed by atoms with Crippen LogP contribution in [0, 0.1) is 0 Å². The maximum absolute atomic E-state index is 5.69. The molecule has 2 rings (SSSR count). The maximum atomic E-state index is 5.69. The molecule has 0 saturated carbocycles. The first-order chi connectivity index (χ1) is 5.81. The Morgan fingerprint density at radius 3 is 3.00 bits per heavy atom. The second-order valence-corrected chi connectivity index (χ2v) is 3.18. The van der Waals surface area contributed by atoms with Gasteiger partial charge in [-0.1, -0.05) is 0 Å². The summed E-state index contributed by atoms with van der Waals surface area (Å²) in [5, 5.41) is 0. The smallest absolute Gasteiger partial charge is 0.205 e. The Balaban J connectivity index is 2.12. The molecule has 0 radical (unpaired) electrons. The topological polar surface area (TPSA) is 47.1 Å². The molecule has 2 heterocycles. The molecule has 4 nitrogen and oxygen atoms in total. The standard InChI is InChI=1S/C8H14N4/c1-2-11-4-3-10-8(11)12-5-7(9)6-12/h3-4,7H,2,5-6,9H2,1H3. The van der Waals surface area contributed by atoms with Gasteiger partial charge in [-0.2, -0.15) is 0 Å². The molecule has 1 fully saturated rings. The number of hydrogen-bond donors (Lipinski definition) is 1. The summed E-state index contributed by atoms with van der Waals surface area (Å²) in [5.74, 6) is 1.05. The van der Waals surface area contributed by atoms with E-state index in [1.807, 2.05) is 12.4 Å². The molecule has 0 atom stereocenters. The van der Waals surface area contributed by atoms with Crippen LogP contribution in [0.4, 0.5) is 5.95 Å². The molecule has 4 heteroatoms. The van der Waals surface area contributed by atoms with E-state index >= 15 is 0 Å². The normalized spacial score (nSPS) is 18.0. The van der Waals surface area contributed by atoms with Crippen LogP contribution in [-0.2, 0) is 6.54 Å². The van der Waals surface area contributed by atoms with Gasteiger partial charge in [-0.15, -0.1) is 0 Å². The van der Waals surface area contributed by atoms with Gasteiger partial charge in [0.15, 0.2) is 0 Å². The van der Waals surface area contributed by atoms with Crippen LogP contribution in [-0.4, -0.2) is 28.7 Å². The fourth-order valence-corrected chi connectivity index (χ4v) is 1.51. The molecule has 1 aliphatic heterocycles. The summed E-state index contributed by atoms with van der Waals surface area (Å²) in [6.45, 7) is 4.97. The predicted molar refractivity (Wildman–Crippen MR) is 48.1 cm³/mol. The first-order valence-corrected chi connectivity index (χ1v) is 4.33. The summed E-state index contributed by atoms with van der Waals surface area (Å²) >= 11 is 0. The molecule has 0 aromatic carbocycles. The van der Waals surface area contributed by atoms with Crippen LogP contribution >= 0.6 is 0 Å². The first-order valence-electron chi connectivity index (χ1n) is 4.33. The zero-order valence-corrected chi connectivity index (χ0v) is 7.27. The first kappa shape index (κ1) is 7.61. The minimum atomic E-state index is 0.340. The summed E-state index contributed by atoms with van der Waals surface area (Å²) in [6.07, 6.45) is 3.84. The van der Waals surface area contributed by atoms with E-state index in [1.165, 1.54) is 0 Å². The average molecular weight is 166 g/mol. The maximum Gasteiger partial charge on any atom is 0.205 e. The highest BCUT2D eigenvalue weighted by molar-refractivity contribution is 5.36. The molecule has 2 N–H and O–H groups in total. The van der Waals surface area contributed by atoms with Gasteiger partial charge in [0, 0.05) is 38.1 Å². The Labute approximate surface area is 72.0 Å². The van der Waals surface area contributed by atoms with E-state index in [-0.39, 0.29) is 0 Å². The summed E-state index contributed by atoms with van der Waals surface area (Å²) < 4.78 is 2.13. The lowest BCUT2D eigenvalue weighted by Crippen LogP contribution is -2.56. The largest absolute Gasteiger partial charge is 0.339 e. The fourth-order valence-electron chi connectivity index (χ4n) is 1.51. The zero-order chi connectivity index (χ0) is 8.55. The Morgan fingerprint density at radius 1 is 1.67 bits per heavy atom. The van der Waals surface area contributed by atoms with Gasteiger partial charge in [0.05, 0.1) is 0 Å². The van der Waals surface area contributed by atoms with Gasteiger partial charge in [-0.3, -0.25) is 0 Å². The number of aromatic nitrogens is 2. The van der Waals surface area contributed by atoms with Crippen LogP contribution in [0.1, 0.15) is 6.92 Å². The fraction of sp³-hybridized carbons (Fsp3) is 0.625. The van der Waals surface area contributed by atoms with E-state index < -0.39 is 0 Å². The van der Waals surface area contributed by atoms with E-state index in [0.717, 1.165) is 25.6 Å². The van der Waals surface area contributed by atoms with Crippen molar-refractivity contribution in [3.8, 4) is 0 Å². The molecule has 0 bridgehead atoms. The van der Waals surface area contributed by atoms with Crippen LogP contribution < -0.4 is 10.6 Å². The molecular formula is C8H14N4. The Morgan fingerprint density at radius 2 is 2.42 bits per heavy atom. The van der Waals surface area contributed by atoms with Crippen molar-refractivity contribution >= 4 is 5.95 Å². The van der Waals surface area contributed by atoms with Gasteiger partial charge in [-0.25, -0.2) is 4.98 Å². The molecular weight excluding hydrogens is 152 g/mol. The molecule has 0 aliphatic carbocycles. The quantitative estimate of drug-likeness (QED) is 0.675. The highest BCUT2D eigenvalue weighted by Crippen LogP contribution is 2.17. The summed E-state index contributed by atoms with van der Waals surface area (Å²) in [6, 6.07) is 0.340. The van der Waals surface area contributed by atoms with Crippen molar-refractivity contribution in [2.24, 2.45) is 5.73 Å². The number of hydrogen-bond acceptors (Lipinski definition) is 3. The van der Waals surface area contributed by atoms with Gasteiger partial charge >= 0.3 is 0 Å². The van der Waals surface area contributed by atoms with Gasteiger partial charge < -0.3 is 15.2 Å². The molecule has 0 amide bonds. The molecule has 66 valence electrons. The lowest BCUT2D eigenvalue weighted by Gasteiger charge is -2.37. The summed E-state index contributed by atoms with van der Waals surface area (Å²) in [4.78, 5) is 6.48. The van der Waals surface area contributed by atoms with Crippen molar-refractivity contribution in [2.75, 3.05) is 18.0 Å². The van der Waals surface area contributed by atoms with Crippen LogP contribution in [0.15, 0.2) is 12.4 Å². The number of imidazole rings is 1. The number of nitrogens with zero attached hydrogens (tertiary/aromatic N) is 3. The van der Waals surface area contributed by atoms with Crippen LogP contribution in [0.25, 0.3) is 0 Å². The SMILES string of the molecule is CCn1ccnc1N1CC(N)C1. The van der Waals surface area contributed by atoms with Crippen molar-refractivity contribution in [3.05, 3.63) is 12.4 Å². The monoisotopic (exact) mass is 166 g/mol. The van der Waals surface area contributed by atoms with Crippen molar-refractivity contribution < 1.29 is 0 Å². The second-order valence-electron chi connectivity index (χ2n) is 3.18. The van der Waals surface area contributed by atoms with Gasteiger partial charge in [0.2, 0.25) is 5.95 Å². The molecule has 1 saturated heterocycles. The van der Waals surface area contributed by atoms with Crippen molar-refractivity contribution in [1.82, 2.24) is 9.55 Å². The van der Waals surface area contributed by atoms with Gasteiger partial charge in [-0.05, 0) is 6.92 Å². The number of rotatable bonds is 2. The molecule has 0 spiro atoms. The third kappa shape index (κ3) is 1.08. The minimum Gasteiger partial charge on any atom is -0.339 e. The predicted octanol–water partition coefficient (Wildman–Crippen LogP) is 0.0503. The Hall–Kier alpha value is -1.03. The highest BCUT2D eigenvalue weighted by atomic mass is 15.3. The van der Waals surface area contributed by atoms with Gasteiger partial charge in [0.25, 0.3) is 0 Å². The van der Waals surface area contributed by atoms with Crippen LogP contribution in [0.5, 0.6) is 0 Å². The minimum absolute atomic E-state index is 0.340. The van der Waals surface area contributed by atoms with Crippen molar-refractivity contribution in [2.45, 2.75) is 19.5 Å². The number of aryl methyl sites for hydroxylation is 1. The van der Waals surface area contributed by atoms with E-state index in [4.69, 9.17) is 5.73 Å². The van der Waals surface area contributed by atoms with Gasteiger partial charge in [0.1, 0.15) is 0 Å². The lowest BCUT2D eigenvalue weighted by molar-refractivity contribution is 0.499. The average Bonchev–Trinajstić information content (AvgIpc) is 2.45. The lowest BCUT2D eigenvalue weighted by atomic mass is 10.1. The van der Waals surface area contributed by atoms with E-state index in [2.05, 4.69) is 21.4 Å². The van der Waals surface area contributed by atoms with Crippen LogP contribution in [0.3, 0.4) is 0 Å². The third-order valence-electron chi connectivity index (χ3n) is 2.23. The Bertz CT molecular complexity index is 262. The molecule has 1 aromatic heterocycles. The second kappa shape index (κ2) is 2.79. The highest BCUT2D eigenvalue weighted by Gasteiger charge is 2.25. The number of nitrogens with two attached hydrogens (primary N) is 1. The van der Waals surface area contributed by atoms with Crippen molar-refractivity contribution in [3.63, 3.8) is 0 Å². The number of anilines is 1. The summed E-state index contributed by atoms with van der Waals surface area (Å²) in [5.41, 5.74) is 5.69. The van der Waals surface area contributed by atoms with Crippen molar-refractivity contribution in [1.29, 1.82) is 0 Å². The molecule has 0 unspecified atom stereocenters. The molecule has 1 aliphatic rings. The van der Waals surface area contributed by atoms with Crippen LogP contribution in [0.2, 0.25) is 0 Å². The molecule has 1 aromatic rings. The van der Waals surface area contributed by atoms with E-state index in [1.54, 1.807) is 0 Å². The summed E-state index contributed by atoms with van der Waals surface area (Å²) in [7, 11) is 0. The third-order valence-corrected chi connectivity index (χ3v) is 2.23. The van der Waals surface area contributed by atoms with E-state index in [9.17, 15) is 0 Å². The van der Waals surface area contributed by atoms with E-state index in [0.29, 0.717) is 6.04 Å². The Kier molecular flexibility index (Phi) is 1.77.